The largest absolute Gasteiger partial charge is 0.356 e. The van der Waals surface area contributed by atoms with Gasteiger partial charge in [0.25, 0.3) is 0 Å². The molecule has 4 aliphatic rings. The maximum absolute atomic E-state index is 13.0. The predicted molar refractivity (Wildman–Crippen MR) is 120 cm³/mol. The average Bonchev–Trinajstić information content (AvgIpc) is 3.16. The Morgan fingerprint density at radius 3 is 2.66 bits per heavy atom. The van der Waals surface area contributed by atoms with E-state index < -0.39 is 0 Å². The molecule has 0 radical (unpaired) electrons. The van der Waals surface area contributed by atoms with Crippen molar-refractivity contribution in [2.24, 2.45) is 4.99 Å². The van der Waals surface area contributed by atoms with Gasteiger partial charge in [-0.05, 0) is 30.9 Å². The summed E-state index contributed by atoms with van der Waals surface area (Å²) < 4.78 is 0. The number of hydrogen-bond donors (Lipinski definition) is 1. The Hall–Kier alpha value is -2.58. The Kier molecular flexibility index (Phi) is 5.27. The minimum Gasteiger partial charge on any atom is -0.356 e. The van der Waals surface area contributed by atoms with Crippen molar-refractivity contribution in [2.75, 3.05) is 45.8 Å². The van der Waals surface area contributed by atoms with E-state index in [0.29, 0.717) is 6.54 Å². The first-order valence-corrected chi connectivity index (χ1v) is 12.0. The minimum absolute atomic E-state index is 0.208. The quantitative estimate of drug-likeness (QED) is 0.738. The summed E-state index contributed by atoms with van der Waals surface area (Å²) in [7, 11) is 0. The normalized spacial score (nSPS) is 24.1. The molecule has 0 spiro atoms. The highest BCUT2D eigenvalue weighted by molar-refractivity contribution is 5.78. The lowest BCUT2D eigenvalue weighted by Crippen LogP contribution is -2.55. The Bertz CT molecular complexity index is 1100. The number of piperazine rings is 1. The molecule has 0 bridgehead atoms. The van der Waals surface area contributed by atoms with Crippen LogP contribution in [-0.4, -0.2) is 87.4 Å². The van der Waals surface area contributed by atoms with Gasteiger partial charge in [0.05, 0.1) is 23.8 Å². The van der Waals surface area contributed by atoms with Crippen LogP contribution in [0.25, 0.3) is 6.08 Å². The van der Waals surface area contributed by atoms with Crippen molar-refractivity contribution >= 4 is 12.0 Å². The molecule has 1 aliphatic carbocycles. The number of carbonyl (C=O) groups excluding carboxylic acids is 1. The van der Waals surface area contributed by atoms with Crippen LogP contribution in [0.15, 0.2) is 23.7 Å². The molecule has 2 aromatic heterocycles. The van der Waals surface area contributed by atoms with E-state index in [0.717, 1.165) is 74.5 Å². The van der Waals surface area contributed by atoms with Crippen LogP contribution >= 0.6 is 0 Å². The molecular weight excluding hydrogens is 402 g/mol. The van der Waals surface area contributed by atoms with Crippen molar-refractivity contribution in [3.05, 3.63) is 46.2 Å². The summed E-state index contributed by atoms with van der Waals surface area (Å²) in [5.41, 5.74) is 3.64. The molecule has 1 saturated carbocycles. The number of nitrogens with zero attached hydrogens (tertiary/aromatic N) is 6. The predicted octanol–water partition coefficient (Wildman–Crippen LogP) is 0.0570. The van der Waals surface area contributed by atoms with E-state index in [-0.39, 0.29) is 11.8 Å². The molecule has 1 saturated heterocycles. The zero-order valence-corrected chi connectivity index (χ0v) is 18.5. The summed E-state index contributed by atoms with van der Waals surface area (Å²) in [5, 5.41) is 2.22. The van der Waals surface area contributed by atoms with Gasteiger partial charge in [0.1, 0.15) is 6.33 Å². The van der Waals surface area contributed by atoms with Gasteiger partial charge < -0.3 is 9.88 Å². The summed E-state index contributed by atoms with van der Waals surface area (Å²) in [4.78, 5) is 36.7. The number of nitrogens with one attached hydrogen (secondary N) is 1. The highest BCUT2D eigenvalue weighted by atomic mass is 16.2. The Labute approximate surface area is 188 Å². The lowest BCUT2D eigenvalue weighted by Gasteiger charge is -2.43. The minimum atomic E-state index is 0.208. The van der Waals surface area contributed by atoms with Crippen LogP contribution in [-0.2, 0) is 17.8 Å². The van der Waals surface area contributed by atoms with Crippen LogP contribution in [0.5, 0.6) is 0 Å². The number of amides is 1. The maximum atomic E-state index is 13.0. The average molecular weight is 434 g/mol. The Morgan fingerprint density at radius 2 is 1.91 bits per heavy atom. The highest BCUT2D eigenvalue weighted by Gasteiger charge is 2.30. The first-order valence-electron chi connectivity index (χ1n) is 12.0. The summed E-state index contributed by atoms with van der Waals surface area (Å²) in [6, 6.07) is 0.780. The molecule has 8 nitrogen and oxygen atoms in total. The van der Waals surface area contributed by atoms with Crippen LogP contribution in [0.2, 0.25) is 0 Å². The summed E-state index contributed by atoms with van der Waals surface area (Å²) in [6.07, 6.45) is 12.6. The van der Waals surface area contributed by atoms with Gasteiger partial charge in [0.15, 0.2) is 0 Å². The van der Waals surface area contributed by atoms with Gasteiger partial charge in [0.2, 0.25) is 5.91 Å². The van der Waals surface area contributed by atoms with Gasteiger partial charge >= 0.3 is 0 Å². The second-order valence-corrected chi connectivity index (χ2v) is 9.59. The topological polar surface area (TPSA) is 80.7 Å². The molecule has 2 aromatic rings. The molecule has 5 heterocycles. The van der Waals surface area contributed by atoms with Gasteiger partial charge in [-0.3, -0.25) is 19.6 Å². The summed E-state index contributed by atoms with van der Waals surface area (Å²) in [6.45, 7) is 6.78. The van der Waals surface area contributed by atoms with Crippen molar-refractivity contribution in [1.82, 2.24) is 29.7 Å². The van der Waals surface area contributed by atoms with E-state index in [4.69, 9.17) is 4.99 Å². The van der Waals surface area contributed by atoms with Crippen molar-refractivity contribution in [1.29, 1.82) is 0 Å². The van der Waals surface area contributed by atoms with E-state index in [2.05, 4.69) is 35.7 Å². The molecular formula is C24H31N7O. The number of hydrogen-bond acceptors (Lipinski definition) is 6. The van der Waals surface area contributed by atoms with Gasteiger partial charge in [-0.25, -0.2) is 9.97 Å². The number of aromatic nitrogens is 3. The molecule has 1 atom stereocenters. The fourth-order valence-electron chi connectivity index (χ4n) is 5.54. The molecule has 0 aromatic carbocycles. The smallest absolute Gasteiger partial charge is 0.236 e. The van der Waals surface area contributed by atoms with Crippen LogP contribution in [0.4, 0.5) is 0 Å². The SMILES string of the molecule is O=C(CN1CCc2c([nH]c3c2=NCC(c2cncnc2)C=3)C1)N1CCN(C2CCC2)CC1. The van der Waals surface area contributed by atoms with E-state index in [9.17, 15) is 4.79 Å². The third-order valence-electron chi connectivity index (χ3n) is 7.69. The van der Waals surface area contributed by atoms with E-state index in [1.165, 1.54) is 30.5 Å². The highest BCUT2D eigenvalue weighted by Crippen LogP contribution is 2.25. The Morgan fingerprint density at radius 1 is 1.09 bits per heavy atom. The molecule has 1 N–H and O–H groups in total. The van der Waals surface area contributed by atoms with Crippen LogP contribution < -0.4 is 10.7 Å². The molecule has 1 unspecified atom stereocenters. The van der Waals surface area contributed by atoms with Crippen molar-refractivity contribution in [2.45, 2.75) is 44.2 Å². The van der Waals surface area contributed by atoms with Gasteiger partial charge in [-0.2, -0.15) is 0 Å². The van der Waals surface area contributed by atoms with E-state index in [1.807, 2.05) is 12.4 Å². The van der Waals surface area contributed by atoms with Crippen LogP contribution in [0.1, 0.15) is 42.0 Å². The summed E-state index contributed by atoms with van der Waals surface area (Å²) >= 11 is 0. The van der Waals surface area contributed by atoms with Crippen molar-refractivity contribution < 1.29 is 4.79 Å². The zero-order chi connectivity index (χ0) is 21.5. The lowest BCUT2D eigenvalue weighted by molar-refractivity contribution is -0.135. The number of H-pyrrole nitrogens is 1. The molecule has 2 fully saturated rings. The number of rotatable bonds is 4. The fourth-order valence-corrected chi connectivity index (χ4v) is 5.54. The van der Waals surface area contributed by atoms with Crippen LogP contribution in [0, 0.1) is 0 Å². The fraction of sp³-hybridized carbons (Fsp3) is 0.583. The van der Waals surface area contributed by atoms with Crippen LogP contribution in [0.3, 0.4) is 0 Å². The van der Waals surface area contributed by atoms with Crippen molar-refractivity contribution in [3.63, 3.8) is 0 Å². The summed E-state index contributed by atoms with van der Waals surface area (Å²) in [5.74, 6) is 0.485. The first kappa shape index (κ1) is 20.1. The third-order valence-corrected chi connectivity index (χ3v) is 7.69. The van der Waals surface area contributed by atoms with E-state index >= 15 is 0 Å². The Balaban J connectivity index is 1.10. The van der Waals surface area contributed by atoms with Gasteiger partial charge in [-0.15, -0.1) is 0 Å². The third kappa shape index (κ3) is 3.75. The molecule has 3 aliphatic heterocycles. The first-order chi connectivity index (χ1) is 15.7. The molecule has 6 rings (SSSR count). The number of aromatic amines is 1. The molecule has 168 valence electrons. The van der Waals surface area contributed by atoms with E-state index in [1.54, 1.807) is 6.33 Å². The zero-order valence-electron chi connectivity index (χ0n) is 18.5. The van der Waals surface area contributed by atoms with Gasteiger partial charge in [0, 0.05) is 74.9 Å². The maximum Gasteiger partial charge on any atom is 0.236 e. The lowest BCUT2D eigenvalue weighted by atomic mass is 9.91. The second kappa shape index (κ2) is 8.41. The van der Waals surface area contributed by atoms with Crippen molar-refractivity contribution in [3.8, 4) is 0 Å². The molecule has 32 heavy (non-hydrogen) atoms. The van der Waals surface area contributed by atoms with Gasteiger partial charge in [-0.1, -0.05) is 6.42 Å². The number of fused-ring (bicyclic) bond motifs is 3. The second-order valence-electron chi connectivity index (χ2n) is 9.59. The molecule has 8 heteroatoms. The molecule has 1 amide bonds. The number of carbonyl (C=O) groups is 1. The monoisotopic (exact) mass is 433 g/mol. The standard InChI is InChI=1S/C24H31N7O/c32-23(31-8-6-30(7-9-31)19-2-1-3-19)15-29-5-4-20-22(14-29)28-21-10-17(13-27-24(20)21)18-11-25-16-26-12-18/h10-12,16-17,19,28H,1-9,13-15H2.